The van der Waals surface area contributed by atoms with Gasteiger partial charge >= 0.3 is 11.8 Å². The van der Waals surface area contributed by atoms with Gasteiger partial charge < -0.3 is 10.5 Å². The van der Waals surface area contributed by atoms with Crippen LogP contribution in [0.15, 0.2) is 12.1 Å². The van der Waals surface area contributed by atoms with Gasteiger partial charge in [-0.25, -0.2) is 4.79 Å². The summed E-state index contributed by atoms with van der Waals surface area (Å²) in [5.74, 6) is -1.17. The minimum atomic E-state index is -0.988. The molecule has 2 N–H and O–H groups in total. The van der Waals surface area contributed by atoms with E-state index in [1.165, 1.54) is 0 Å². The van der Waals surface area contributed by atoms with Crippen LogP contribution in [0.2, 0.25) is 0 Å². The fourth-order valence-corrected chi connectivity index (χ4v) is 1.86. The van der Waals surface area contributed by atoms with Gasteiger partial charge in [0.15, 0.2) is 0 Å². The molecule has 0 aromatic heterocycles. The van der Waals surface area contributed by atoms with Crippen molar-refractivity contribution >= 4 is 23.4 Å². The Bertz CT molecular complexity index is 672. The minimum absolute atomic E-state index is 0.0525. The van der Waals surface area contributed by atoms with Gasteiger partial charge in [0, 0.05) is 11.6 Å². The summed E-state index contributed by atoms with van der Waals surface area (Å²) in [5, 5.41) is 21.7. The maximum absolute atomic E-state index is 11.6. The van der Waals surface area contributed by atoms with Gasteiger partial charge in [0.2, 0.25) is 11.7 Å². The first-order valence-electron chi connectivity index (χ1n) is 5.50. The molecule has 0 saturated heterocycles. The fraction of sp³-hybridized carbons (Fsp3) is 0.200. The molecule has 11 nitrogen and oxygen atoms in total. The lowest BCUT2D eigenvalue weighted by Gasteiger charge is -2.26. The highest BCUT2D eigenvalue weighted by atomic mass is 16.6. The molecule has 2 amide bonds. The zero-order chi connectivity index (χ0) is 15.7. The number of carbonyl (C=O) groups is 2. The number of nitro groups is 2. The van der Waals surface area contributed by atoms with Crippen LogP contribution in [0.3, 0.4) is 0 Å². The van der Waals surface area contributed by atoms with E-state index in [9.17, 15) is 29.8 Å². The Labute approximate surface area is 116 Å². The van der Waals surface area contributed by atoms with E-state index in [1.54, 1.807) is 0 Å². The van der Waals surface area contributed by atoms with Gasteiger partial charge in [-0.3, -0.25) is 29.9 Å². The van der Waals surface area contributed by atoms with Crippen LogP contribution in [0.1, 0.15) is 5.56 Å². The van der Waals surface area contributed by atoms with Crippen molar-refractivity contribution in [2.24, 2.45) is 5.73 Å². The van der Waals surface area contributed by atoms with Crippen molar-refractivity contribution < 1.29 is 24.2 Å². The smallest absolute Gasteiger partial charge is 0.402 e. The van der Waals surface area contributed by atoms with Gasteiger partial charge in [-0.05, 0) is 0 Å². The second-order valence-electron chi connectivity index (χ2n) is 4.16. The number of ether oxygens (including phenoxy) is 1. The van der Waals surface area contributed by atoms with Crippen molar-refractivity contribution in [3.63, 3.8) is 0 Å². The fourth-order valence-electron chi connectivity index (χ4n) is 1.86. The van der Waals surface area contributed by atoms with Crippen LogP contribution in [0.5, 0.6) is 5.75 Å². The second kappa shape index (κ2) is 5.03. The first kappa shape index (κ1) is 14.2. The third-order valence-electron chi connectivity index (χ3n) is 2.69. The van der Waals surface area contributed by atoms with E-state index in [0.29, 0.717) is 6.07 Å². The molecular formula is C10H8N4O7. The topological polar surface area (TPSA) is 159 Å². The number of nitrogens with two attached hydrogens (primary N) is 1. The molecule has 1 heterocycles. The van der Waals surface area contributed by atoms with E-state index in [2.05, 4.69) is 0 Å². The van der Waals surface area contributed by atoms with Crippen LogP contribution in [-0.4, -0.2) is 33.3 Å². The van der Waals surface area contributed by atoms with Crippen molar-refractivity contribution in [1.29, 1.82) is 0 Å². The van der Waals surface area contributed by atoms with Crippen LogP contribution in [-0.2, 0) is 11.3 Å². The summed E-state index contributed by atoms with van der Waals surface area (Å²) in [6.07, 6.45) is -0.988. The van der Waals surface area contributed by atoms with Gasteiger partial charge in [-0.15, -0.1) is 0 Å². The maximum Gasteiger partial charge on any atom is 0.416 e. The number of amides is 2. The first-order chi connectivity index (χ1) is 9.79. The summed E-state index contributed by atoms with van der Waals surface area (Å²) < 4.78 is 4.79. The molecule has 0 radical (unpaired) electrons. The Morgan fingerprint density at radius 3 is 2.52 bits per heavy atom. The molecule has 11 heteroatoms. The first-order valence-corrected chi connectivity index (χ1v) is 5.50. The highest BCUT2D eigenvalue weighted by Gasteiger charge is 2.34. The number of carbonyl (C=O) groups excluding carboxylic acids is 2. The standard InChI is InChI=1S/C10H8N4O7/c11-8(15)4-12-3-5-1-6(13(17)18)2-7(14(19)20)9(5)21-10(12)16/h1-2H,3-4H2,(H2,11,15). The van der Waals surface area contributed by atoms with Gasteiger partial charge in [-0.1, -0.05) is 0 Å². The van der Waals surface area contributed by atoms with Crippen LogP contribution in [0.4, 0.5) is 16.2 Å². The molecule has 0 spiro atoms. The van der Waals surface area contributed by atoms with E-state index in [-0.39, 0.29) is 17.9 Å². The highest BCUT2D eigenvalue weighted by Crippen LogP contribution is 2.38. The van der Waals surface area contributed by atoms with E-state index in [0.717, 1.165) is 11.0 Å². The normalized spacial score (nSPS) is 13.3. The summed E-state index contributed by atoms with van der Waals surface area (Å²) in [6, 6.07) is 1.75. The van der Waals surface area contributed by atoms with Gasteiger partial charge in [0.1, 0.15) is 6.54 Å². The quantitative estimate of drug-likeness (QED) is 0.617. The number of nitrogens with zero attached hydrogens (tertiary/aromatic N) is 3. The molecule has 1 aromatic rings. The summed E-state index contributed by atoms with van der Waals surface area (Å²) in [5.41, 5.74) is 3.80. The number of nitro benzene ring substituents is 2. The average molecular weight is 296 g/mol. The number of primary amides is 1. The SMILES string of the molecule is NC(=O)CN1Cc2cc([N+](=O)[O-])cc([N+](=O)[O-])c2OC1=O. The Morgan fingerprint density at radius 2 is 2.00 bits per heavy atom. The average Bonchev–Trinajstić information content (AvgIpc) is 2.37. The number of non-ortho nitro benzene ring substituents is 1. The lowest BCUT2D eigenvalue weighted by atomic mass is 10.1. The number of fused-ring (bicyclic) bond motifs is 1. The maximum atomic E-state index is 11.6. The third-order valence-corrected chi connectivity index (χ3v) is 2.69. The highest BCUT2D eigenvalue weighted by molar-refractivity contribution is 5.83. The van der Waals surface area contributed by atoms with Crippen LogP contribution < -0.4 is 10.5 Å². The molecule has 0 aliphatic carbocycles. The lowest BCUT2D eigenvalue weighted by molar-refractivity contribution is -0.394. The Hall–Kier alpha value is -3.24. The molecule has 0 fully saturated rings. The van der Waals surface area contributed by atoms with E-state index >= 15 is 0 Å². The molecule has 1 aliphatic heterocycles. The monoisotopic (exact) mass is 296 g/mol. The van der Waals surface area contributed by atoms with Crippen LogP contribution in [0.25, 0.3) is 0 Å². The molecule has 0 saturated carbocycles. The minimum Gasteiger partial charge on any atom is -0.402 e. The number of benzene rings is 1. The molecule has 2 rings (SSSR count). The number of hydrogen-bond acceptors (Lipinski definition) is 7. The molecule has 110 valence electrons. The third kappa shape index (κ3) is 2.70. The predicted molar refractivity (Wildman–Crippen MR) is 65.4 cm³/mol. The summed E-state index contributed by atoms with van der Waals surface area (Å²) in [4.78, 5) is 43.3. The molecule has 21 heavy (non-hydrogen) atoms. The molecule has 0 atom stereocenters. The molecule has 1 aromatic carbocycles. The summed E-state index contributed by atoms with van der Waals surface area (Å²) in [6.45, 7) is -0.714. The van der Waals surface area contributed by atoms with Crippen molar-refractivity contribution in [3.05, 3.63) is 37.9 Å². The summed E-state index contributed by atoms with van der Waals surface area (Å²) in [7, 11) is 0. The summed E-state index contributed by atoms with van der Waals surface area (Å²) >= 11 is 0. The zero-order valence-electron chi connectivity index (χ0n) is 10.3. The van der Waals surface area contributed by atoms with E-state index in [1.807, 2.05) is 0 Å². The Balaban J connectivity index is 2.51. The molecular weight excluding hydrogens is 288 g/mol. The van der Waals surface area contributed by atoms with Gasteiger partial charge in [0.05, 0.1) is 22.5 Å². The predicted octanol–water partition coefficient (Wildman–Crippen LogP) is 0.303. The van der Waals surface area contributed by atoms with E-state index < -0.39 is 39.8 Å². The van der Waals surface area contributed by atoms with Gasteiger partial charge in [0.25, 0.3) is 5.69 Å². The lowest BCUT2D eigenvalue weighted by Crippen LogP contribution is -2.42. The molecule has 0 unspecified atom stereocenters. The van der Waals surface area contributed by atoms with Crippen LogP contribution in [0, 0.1) is 20.2 Å². The van der Waals surface area contributed by atoms with Gasteiger partial charge in [-0.2, -0.15) is 0 Å². The zero-order valence-corrected chi connectivity index (χ0v) is 10.3. The van der Waals surface area contributed by atoms with Crippen molar-refractivity contribution in [3.8, 4) is 5.75 Å². The van der Waals surface area contributed by atoms with Crippen molar-refractivity contribution in [2.45, 2.75) is 6.54 Å². The van der Waals surface area contributed by atoms with Crippen molar-refractivity contribution in [1.82, 2.24) is 4.90 Å². The Morgan fingerprint density at radius 1 is 1.33 bits per heavy atom. The molecule has 0 bridgehead atoms. The van der Waals surface area contributed by atoms with E-state index in [4.69, 9.17) is 10.5 Å². The number of hydrogen-bond donors (Lipinski definition) is 1. The van der Waals surface area contributed by atoms with Crippen LogP contribution >= 0.6 is 0 Å². The number of rotatable bonds is 4. The largest absolute Gasteiger partial charge is 0.416 e. The Kier molecular flexibility index (Phi) is 3.40. The van der Waals surface area contributed by atoms with Crippen molar-refractivity contribution in [2.75, 3.05) is 6.54 Å². The molecule has 1 aliphatic rings. The second-order valence-corrected chi connectivity index (χ2v) is 4.16.